The van der Waals surface area contributed by atoms with Crippen LogP contribution >= 0.6 is 0 Å². The van der Waals surface area contributed by atoms with Crippen LogP contribution in [-0.2, 0) is 14.8 Å². The van der Waals surface area contributed by atoms with Gasteiger partial charge in [0.25, 0.3) is 5.69 Å². The van der Waals surface area contributed by atoms with E-state index in [0.717, 1.165) is 12.5 Å². The average molecular weight is 441 g/mol. The van der Waals surface area contributed by atoms with Crippen molar-refractivity contribution in [2.45, 2.75) is 64.4 Å². The van der Waals surface area contributed by atoms with Crippen LogP contribution in [0.25, 0.3) is 0 Å². The molecule has 1 aliphatic rings. The smallest absolute Gasteiger partial charge is 0.293 e. The molecule has 30 heavy (non-hydrogen) atoms. The number of nitrogens with one attached hydrogen (secondary N) is 2. The van der Waals surface area contributed by atoms with Gasteiger partial charge in [-0.25, -0.2) is 8.42 Å². The van der Waals surface area contributed by atoms with Gasteiger partial charge in [0, 0.05) is 24.7 Å². The van der Waals surface area contributed by atoms with Gasteiger partial charge < -0.3 is 10.6 Å². The lowest BCUT2D eigenvalue weighted by molar-refractivity contribution is -0.384. The fourth-order valence-electron chi connectivity index (χ4n) is 3.67. The number of amides is 1. The topological polar surface area (TPSA) is 122 Å². The van der Waals surface area contributed by atoms with E-state index in [1.165, 1.54) is 16.4 Å². The maximum absolute atomic E-state index is 13.1. The van der Waals surface area contributed by atoms with E-state index >= 15 is 0 Å². The Bertz CT molecular complexity index is 900. The first-order valence-electron chi connectivity index (χ1n) is 10.1. The second-order valence-corrected chi connectivity index (χ2v) is 11.2. The third kappa shape index (κ3) is 5.91. The van der Waals surface area contributed by atoms with Crippen LogP contribution in [-0.4, -0.2) is 48.2 Å². The van der Waals surface area contributed by atoms with E-state index in [0.29, 0.717) is 13.1 Å². The van der Waals surface area contributed by atoms with Gasteiger partial charge in [-0.3, -0.25) is 14.9 Å². The van der Waals surface area contributed by atoms with Crippen molar-refractivity contribution in [1.82, 2.24) is 9.62 Å². The van der Waals surface area contributed by atoms with Crippen molar-refractivity contribution in [3.63, 3.8) is 0 Å². The molecule has 0 unspecified atom stereocenters. The maximum atomic E-state index is 13.1. The number of carbonyl (C=O) groups is 1. The monoisotopic (exact) mass is 440 g/mol. The van der Waals surface area contributed by atoms with Crippen LogP contribution in [0.5, 0.6) is 0 Å². The van der Waals surface area contributed by atoms with Crippen LogP contribution in [0.2, 0.25) is 0 Å². The predicted octanol–water partition coefficient (Wildman–Crippen LogP) is 2.98. The highest BCUT2D eigenvalue weighted by molar-refractivity contribution is 7.89. The molecule has 1 aliphatic heterocycles. The number of anilines is 1. The molecule has 0 radical (unpaired) electrons. The fraction of sp³-hybridized carbons (Fsp3) is 0.650. The van der Waals surface area contributed by atoms with Crippen molar-refractivity contribution >= 4 is 27.3 Å². The number of rotatable bonds is 6. The molecule has 2 N–H and O–H groups in total. The third-order valence-electron chi connectivity index (χ3n) is 4.90. The summed E-state index contributed by atoms with van der Waals surface area (Å²) in [6.07, 6.45) is 0.948. The van der Waals surface area contributed by atoms with E-state index in [9.17, 15) is 23.3 Å². The van der Waals surface area contributed by atoms with Gasteiger partial charge in [0.05, 0.1) is 9.82 Å². The van der Waals surface area contributed by atoms with Gasteiger partial charge in [0.1, 0.15) is 11.7 Å². The largest absolute Gasteiger partial charge is 0.368 e. The Kier molecular flexibility index (Phi) is 7.13. The van der Waals surface area contributed by atoms with Crippen LogP contribution in [0, 0.1) is 22.0 Å². The molecule has 10 heteroatoms. The van der Waals surface area contributed by atoms with E-state index in [1.807, 2.05) is 34.6 Å². The molecule has 1 saturated heterocycles. The summed E-state index contributed by atoms with van der Waals surface area (Å²) in [5.41, 5.74) is -0.736. The van der Waals surface area contributed by atoms with Crippen molar-refractivity contribution in [1.29, 1.82) is 0 Å². The summed E-state index contributed by atoms with van der Waals surface area (Å²) in [4.78, 5) is 23.2. The highest BCUT2D eigenvalue weighted by Crippen LogP contribution is 2.32. The summed E-state index contributed by atoms with van der Waals surface area (Å²) in [7, 11) is -3.85. The quantitative estimate of drug-likeness (QED) is 0.518. The number of sulfonamides is 1. The van der Waals surface area contributed by atoms with E-state index in [4.69, 9.17) is 0 Å². The zero-order valence-corrected chi connectivity index (χ0v) is 19.2. The summed E-state index contributed by atoms with van der Waals surface area (Å²) in [5, 5.41) is 17.2. The highest BCUT2D eigenvalue weighted by Gasteiger charge is 2.33. The number of hydrogen-bond donors (Lipinski definition) is 2. The molecule has 1 fully saturated rings. The van der Waals surface area contributed by atoms with Gasteiger partial charge in [-0.15, -0.1) is 0 Å². The van der Waals surface area contributed by atoms with E-state index in [-0.39, 0.29) is 34.0 Å². The van der Waals surface area contributed by atoms with Crippen LogP contribution < -0.4 is 10.6 Å². The second-order valence-electron chi connectivity index (χ2n) is 9.31. The van der Waals surface area contributed by atoms with Gasteiger partial charge in [0.2, 0.25) is 15.9 Å². The first kappa shape index (κ1) is 24.1. The number of carbonyl (C=O) groups excluding carboxylic acids is 1. The number of benzene rings is 1. The molecule has 9 nitrogen and oxygen atoms in total. The Labute approximate surface area is 178 Å². The SMILES string of the molecule is C[C@@H]1C[C@@H](C)CN(S(=O)(=O)c2ccc(N[C@H](C)C(=O)NC(C)(C)C)c([N+](=O)[O-])c2)C1. The minimum atomic E-state index is -3.85. The van der Waals surface area contributed by atoms with Gasteiger partial charge >= 0.3 is 0 Å². The molecule has 168 valence electrons. The summed E-state index contributed by atoms with van der Waals surface area (Å²) >= 11 is 0. The molecule has 1 heterocycles. The Hall–Kier alpha value is -2.20. The zero-order chi connectivity index (χ0) is 22.9. The van der Waals surface area contributed by atoms with E-state index < -0.39 is 26.5 Å². The second kappa shape index (κ2) is 8.89. The Morgan fingerprint density at radius 2 is 1.80 bits per heavy atom. The average Bonchev–Trinajstić information content (AvgIpc) is 2.59. The molecule has 0 aromatic heterocycles. The van der Waals surface area contributed by atoms with Crippen LogP contribution in [0.1, 0.15) is 48.0 Å². The molecular weight excluding hydrogens is 408 g/mol. The molecule has 2 rings (SSSR count). The number of nitrogens with zero attached hydrogens (tertiary/aromatic N) is 2. The fourth-order valence-corrected chi connectivity index (χ4v) is 5.37. The number of piperidine rings is 1. The minimum Gasteiger partial charge on any atom is -0.368 e. The predicted molar refractivity (Wildman–Crippen MR) is 116 cm³/mol. The highest BCUT2D eigenvalue weighted by atomic mass is 32.2. The minimum absolute atomic E-state index is 0.0934. The van der Waals surface area contributed by atoms with Gasteiger partial charge in [-0.1, -0.05) is 13.8 Å². The maximum Gasteiger partial charge on any atom is 0.293 e. The lowest BCUT2D eigenvalue weighted by atomic mass is 9.94. The molecule has 0 saturated carbocycles. The van der Waals surface area contributed by atoms with Crippen molar-refractivity contribution in [2.24, 2.45) is 11.8 Å². The lowest BCUT2D eigenvalue weighted by Crippen LogP contribution is -2.47. The van der Waals surface area contributed by atoms with Crippen molar-refractivity contribution in [3.8, 4) is 0 Å². The molecule has 3 atom stereocenters. The van der Waals surface area contributed by atoms with Gasteiger partial charge in [0.15, 0.2) is 0 Å². The number of nitro benzene ring substituents is 1. The summed E-state index contributed by atoms with van der Waals surface area (Å²) < 4.78 is 27.5. The van der Waals surface area contributed by atoms with Crippen LogP contribution in [0.3, 0.4) is 0 Å². The van der Waals surface area contributed by atoms with Crippen LogP contribution in [0.4, 0.5) is 11.4 Å². The van der Waals surface area contributed by atoms with Crippen molar-refractivity contribution < 1.29 is 18.1 Å². The first-order valence-corrected chi connectivity index (χ1v) is 11.5. The zero-order valence-electron chi connectivity index (χ0n) is 18.4. The van der Waals surface area contributed by atoms with Gasteiger partial charge in [-0.2, -0.15) is 4.31 Å². The molecule has 1 aromatic rings. The van der Waals surface area contributed by atoms with Crippen LogP contribution in [0.15, 0.2) is 23.1 Å². The molecular formula is C20H32N4O5S. The van der Waals surface area contributed by atoms with Crippen molar-refractivity contribution in [2.75, 3.05) is 18.4 Å². The summed E-state index contributed by atoms with van der Waals surface area (Å²) in [6, 6.07) is 3.02. The summed E-state index contributed by atoms with van der Waals surface area (Å²) in [5.74, 6) is 0.132. The normalized spacial score (nSPS) is 21.7. The Morgan fingerprint density at radius 3 is 2.30 bits per heavy atom. The lowest BCUT2D eigenvalue weighted by Gasteiger charge is -2.34. The molecule has 0 aliphatic carbocycles. The number of hydrogen-bond acceptors (Lipinski definition) is 6. The molecule has 1 aromatic carbocycles. The molecule has 0 bridgehead atoms. The standard InChI is InChI=1S/C20H32N4O5S/c1-13-9-14(2)12-23(11-13)30(28,29)16-7-8-17(18(10-16)24(26)27)21-15(3)19(25)22-20(4,5)6/h7-8,10,13-15,21H,9,11-12H2,1-6H3,(H,22,25)/t13-,14-,15-/m1/s1. The van der Waals surface area contributed by atoms with E-state index in [1.54, 1.807) is 6.92 Å². The molecule has 1 amide bonds. The van der Waals surface area contributed by atoms with E-state index in [2.05, 4.69) is 10.6 Å². The summed E-state index contributed by atoms with van der Waals surface area (Å²) in [6.45, 7) is 11.9. The Balaban J connectivity index is 2.31. The Morgan fingerprint density at radius 1 is 1.23 bits per heavy atom. The molecule has 0 spiro atoms. The van der Waals surface area contributed by atoms with Crippen molar-refractivity contribution in [3.05, 3.63) is 28.3 Å². The number of nitro groups is 1. The first-order chi connectivity index (χ1) is 13.7. The third-order valence-corrected chi connectivity index (χ3v) is 6.73. The van der Waals surface area contributed by atoms with Gasteiger partial charge in [-0.05, 0) is 58.1 Å².